The first-order chi connectivity index (χ1) is 8.08. The van der Waals surface area contributed by atoms with Gasteiger partial charge in [-0.3, -0.25) is 4.79 Å². The number of carbonyl (C=O) groups is 1. The normalized spacial score (nSPS) is 10.2. The zero-order valence-corrected chi connectivity index (χ0v) is 10.1. The van der Waals surface area contributed by atoms with Crippen molar-refractivity contribution in [2.75, 3.05) is 11.1 Å². The SMILES string of the molecule is Nc1cccc(F)c1NC(=O)c1ccc(Br)o1. The van der Waals surface area contributed by atoms with Gasteiger partial charge in [-0.05, 0) is 40.2 Å². The number of halogens is 2. The van der Waals surface area contributed by atoms with Gasteiger partial charge in [0, 0.05) is 0 Å². The standard InChI is InChI=1S/C11H8BrFN2O2/c12-9-5-4-8(17-9)11(16)15-10-6(13)2-1-3-7(10)14/h1-5H,14H2,(H,15,16). The van der Waals surface area contributed by atoms with Crippen molar-refractivity contribution >= 4 is 33.2 Å². The molecule has 1 aromatic heterocycles. The van der Waals surface area contributed by atoms with E-state index in [-0.39, 0.29) is 17.1 Å². The topological polar surface area (TPSA) is 68.3 Å². The second-order valence-corrected chi connectivity index (χ2v) is 4.04. The van der Waals surface area contributed by atoms with E-state index in [1.807, 2.05) is 0 Å². The van der Waals surface area contributed by atoms with Crippen molar-refractivity contribution in [2.45, 2.75) is 0 Å². The van der Waals surface area contributed by atoms with Crippen LogP contribution >= 0.6 is 15.9 Å². The number of carbonyl (C=O) groups excluding carboxylic acids is 1. The Hall–Kier alpha value is -1.82. The fourth-order valence-corrected chi connectivity index (χ4v) is 1.59. The van der Waals surface area contributed by atoms with Crippen LogP contribution in [0.4, 0.5) is 15.8 Å². The summed E-state index contributed by atoms with van der Waals surface area (Å²) in [4.78, 5) is 11.7. The quantitative estimate of drug-likeness (QED) is 0.838. The van der Waals surface area contributed by atoms with Gasteiger partial charge < -0.3 is 15.5 Å². The van der Waals surface area contributed by atoms with E-state index in [1.54, 1.807) is 6.07 Å². The van der Waals surface area contributed by atoms with Crippen LogP contribution in [0.25, 0.3) is 0 Å². The Balaban J connectivity index is 2.24. The van der Waals surface area contributed by atoms with Crippen molar-refractivity contribution in [3.63, 3.8) is 0 Å². The van der Waals surface area contributed by atoms with E-state index in [0.717, 1.165) is 0 Å². The lowest BCUT2D eigenvalue weighted by atomic mass is 10.2. The Kier molecular flexibility index (Phi) is 3.14. The number of hydrogen-bond acceptors (Lipinski definition) is 3. The van der Waals surface area contributed by atoms with Crippen molar-refractivity contribution in [2.24, 2.45) is 0 Å². The minimum absolute atomic E-state index is 0.0509. The molecule has 0 saturated heterocycles. The van der Waals surface area contributed by atoms with Crippen LogP contribution in [0, 0.1) is 5.82 Å². The molecule has 1 aromatic carbocycles. The van der Waals surface area contributed by atoms with Crippen LogP contribution in [0.2, 0.25) is 0 Å². The van der Waals surface area contributed by atoms with Crippen LogP contribution in [0.3, 0.4) is 0 Å². The molecule has 0 bridgehead atoms. The fraction of sp³-hybridized carbons (Fsp3) is 0. The van der Waals surface area contributed by atoms with E-state index in [2.05, 4.69) is 21.2 Å². The second-order valence-electron chi connectivity index (χ2n) is 3.26. The minimum atomic E-state index is -0.594. The van der Waals surface area contributed by atoms with Crippen molar-refractivity contribution in [3.8, 4) is 0 Å². The highest BCUT2D eigenvalue weighted by Gasteiger charge is 2.14. The monoisotopic (exact) mass is 298 g/mol. The second kappa shape index (κ2) is 4.58. The van der Waals surface area contributed by atoms with Gasteiger partial charge in [0.25, 0.3) is 5.91 Å². The number of amides is 1. The first kappa shape index (κ1) is 11.7. The third-order valence-corrected chi connectivity index (χ3v) is 2.51. The van der Waals surface area contributed by atoms with Gasteiger partial charge in [0.15, 0.2) is 10.4 Å². The Morgan fingerprint density at radius 1 is 1.35 bits per heavy atom. The van der Waals surface area contributed by atoms with E-state index < -0.39 is 11.7 Å². The highest BCUT2D eigenvalue weighted by molar-refractivity contribution is 9.10. The molecule has 0 saturated carbocycles. The fourth-order valence-electron chi connectivity index (χ4n) is 1.28. The number of benzene rings is 1. The lowest BCUT2D eigenvalue weighted by Gasteiger charge is -2.07. The summed E-state index contributed by atoms with van der Waals surface area (Å²) in [6.07, 6.45) is 0. The van der Waals surface area contributed by atoms with Crippen LogP contribution < -0.4 is 11.1 Å². The maximum atomic E-state index is 13.4. The number of nitrogens with two attached hydrogens (primary N) is 1. The number of hydrogen-bond donors (Lipinski definition) is 2. The van der Waals surface area contributed by atoms with Crippen LogP contribution in [0.5, 0.6) is 0 Å². The van der Waals surface area contributed by atoms with Gasteiger partial charge in [-0.1, -0.05) is 6.07 Å². The zero-order chi connectivity index (χ0) is 12.4. The van der Waals surface area contributed by atoms with Crippen molar-refractivity contribution in [1.29, 1.82) is 0 Å². The summed E-state index contributed by atoms with van der Waals surface area (Å²) < 4.78 is 18.9. The summed E-state index contributed by atoms with van der Waals surface area (Å²) >= 11 is 3.07. The van der Waals surface area contributed by atoms with E-state index in [4.69, 9.17) is 10.2 Å². The first-order valence-corrected chi connectivity index (χ1v) is 5.48. The van der Waals surface area contributed by atoms with Gasteiger partial charge in [-0.15, -0.1) is 0 Å². The predicted molar refractivity (Wildman–Crippen MR) is 65.2 cm³/mol. The van der Waals surface area contributed by atoms with Gasteiger partial charge in [0.2, 0.25) is 0 Å². The summed E-state index contributed by atoms with van der Waals surface area (Å²) in [5.74, 6) is -1.09. The predicted octanol–water partition coefficient (Wildman–Crippen LogP) is 3.02. The van der Waals surface area contributed by atoms with Gasteiger partial charge in [-0.25, -0.2) is 4.39 Å². The van der Waals surface area contributed by atoms with Gasteiger partial charge in [-0.2, -0.15) is 0 Å². The van der Waals surface area contributed by atoms with Gasteiger partial charge in [0.1, 0.15) is 11.5 Å². The van der Waals surface area contributed by atoms with Crippen LogP contribution in [0.1, 0.15) is 10.6 Å². The molecule has 0 radical (unpaired) electrons. The summed E-state index contributed by atoms with van der Waals surface area (Å²) in [6, 6.07) is 7.21. The average molecular weight is 299 g/mol. The third-order valence-electron chi connectivity index (χ3n) is 2.08. The molecule has 88 valence electrons. The number of rotatable bonds is 2. The maximum absolute atomic E-state index is 13.4. The number of anilines is 2. The lowest BCUT2D eigenvalue weighted by Crippen LogP contribution is -2.13. The molecule has 0 unspecified atom stereocenters. The highest BCUT2D eigenvalue weighted by Crippen LogP contribution is 2.23. The molecule has 1 heterocycles. The van der Waals surface area contributed by atoms with Crippen LogP contribution in [0.15, 0.2) is 39.4 Å². The zero-order valence-electron chi connectivity index (χ0n) is 8.54. The molecule has 0 spiro atoms. The summed E-state index contributed by atoms with van der Waals surface area (Å²) in [7, 11) is 0. The highest BCUT2D eigenvalue weighted by atomic mass is 79.9. The van der Waals surface area contributed by atoms with Crippen molar-refractivity contribution in [3.05, 3.63) is 46.6 Å². The molecule has 1 amide bonds. The lowest BCUT2D eigenvalue weighted by molar-refractivity contribution is 0.0995. The molecule has 2 rings (SSSR count). The number of nitrogen functional groups attached to an aromatic ring is 1. The number of furan rings is 1. The smallest absolute Gasteiger partial charge is 0.291 e. The average Bonchev–Trinajstić information content (AvgIpc) is 2.70. The molecule has 17 heavy (non-hydrogen) atoms. The molecule has 0 atom stereocenters. The van der Waals surface area contributed by atoms with Crippen LogP contribution in [-0.2, 0) is 0 Å². The Morgan fingerprint density at radius 2 is 2.12 bits per heavy atom. The Bertz CT molecular complexity index is 548. The van der Waals surface area contributed by atoms with E-state index >= 15 is 0 Å². The molecule has 3 N–H and O–H groups in total. The molecular weight excluding hydrogens is 291 g/mol. The molecule has 0 aliphatic carbocycles. The van der Waals surface area contributed by atoms with Crippen molar-refractivity contribution < 1.29 is 13.6 Å². The number of para-hydroxylation sites is 1. The summed E-state index contributed by atoms with van der Waals surface area (Å²) in [6.45, 7) is 0. The molecule has 0 aliphatic heterocycles. The summed E-state index contributed by atoms with van der Waals surface area (Å²) in [5.41, 5.74) is 5.66. The van der Waals surface area contributed by atoms with E-state index in [1.165, 1.54) is 24.3 Å². The number of nitrogens with one attached hydrogen (secondary N) is 1. The molecule has 4 nitrogen and oxygen atoms in total. The van der Waals surface area contributed by atoms with Gasteiger partial charge >= 0.3 is 0 Å². The van der Waals surface area contributed by atoms with Crippen molar-refractivity contribution in [1.82, 2.24) is 0 Å². The van der Waals surface area contributed by atoms with E-state index in [9.17, 15) is 9.18 Å². The Morgan fingerprint density at radius 3 is 2.71 bits per heavy atom. The van der Waals surface area contributed by atoms with Crippen LogP contribution in [-0.4, -0.2) is 5.91 Å². The third kappa shape index (κ3) is 2.47. The molecule has 0 aliphatic rings. The maximum Gasteiger partial charge on any atom is 0.291 e. The Labute approximate surface area is 105 Å². The van der Waals surface area contributed by atoms with E-state index in [0.29, 0.717) is 4.67 Å². The molecule has 6 heteroatoms. The largest absolute Gasteiger partial charge is 0.444 e. The molecule has 0 fully saturated rings. The van der Waals surface area contributed by atoms with Gasteiger partial charge in [0.05, 0.1) is 5.69 Å². The molecular formula is C11H8BrFN2O2. The summed E-state index contributed by atoms with van der Waals surface area (Å²) in [5, 5.41) is 2.35. The molecule has 2 aromatic rings. The first-order valence-electron chi connectivity index (χ1n) is 4.68. The minimum Gasteiger partial charge on any atom is -0.444 e.